The van der Waals surface area contributed by atoms with E-state index in [9.17, 15) is 13.2 Å². The maximum absolute atomic E-state index is 11.8. The third kappa shape index (κ3) is 1.65. The Balaban J connectivity index is 2.96. The van der Waals surface area contributed by atoms with E-state index in [1.807, 2.05) is 0 Å². The molecule has 0 aliphatic rings. The summed E-state index contributed by atoms with van der Waals surface area (Å²) in [4.78, 5) is 2.44. The zero-order valence-corrected chi connectivity index (χ0v) is 6.82. The highest BCUT2D eigenvalue weighted by Gasteiger charge is 2.31. The van der Waals surface area contributed by atoms with Crippen LogP contribution in [-0.4, -0.2) is 4.98 Å². The molecule has 0 aromatic carbocycles. The summed E-state index contributed by atoms with van der Waals surface area (Å²) < 4.78 is 35.8. The largest absolute Gasteiger partial charge is 0.417 e. The Hall–Kier alpha value is -0.200. The number of rotatable bonds is 0. The van der Waals surface area contributed by atoms with Crippen molar-refractivity contribution in [3.05, 3.63) is 21.5 Å². The van der Waals surface area contributed by atoms with Crippen LogP contribution in [0.3, 0.4) is 0 Å². The summed E-state index contributed by atoms with van der Waals surface area (Å²) in [6.45, 7) is 0. The molecule has 0 aliphatic heterocycles. The molecule has 0 radical (unpaired) electrons. The Morgan fingerprint density at radius 1 is 1.40 bits per heavy atom. The van der Waals surface area contributed by atoms with E-state index >= 15 is 0 Å². The summed E-state index contributed by atoms with van der Waals surface area (Å²) in [7, 11) is 0. The molecule has 0 fully saturated rings. The molecule has 0 unspecified atom stereocenters. The molecule has 1 heterocycles. The number of halogens is 4. The molecule has 0 amide bonds. The number of aromatic amines is 1. The summed E-state index contributed by atoms with van der Waals surface area (Å²) in [6.07, 6.45) is -3.28. The lowest BCUT2D eigenvalue weighted by atomic mass is 10.3. The van der Waals surface area contributed by atoms with Gasteiger partial charge in [-0.15, -0.1) is 0 Å². The topological polar surface area (TPSA) is 15.8 Å². The number of nitrogens with one attached hydrogen (secondary N) is 1. The van der Waals surface area contributed by atoms with Crippen molar-refractivity contribution in [1.82, 2.24) is 4.98 Å². The number of aromatic nitrogens is 1. The Morgan fingerprint density at radius 3 is 2.20 bits per heavy atom. The molecule has 0 aliphatic carbocycles. The summed E-state index contributed by atoms with van der Waals surface area (Å²) in [5.41, 5.74) is -0.628. The van der Waals surface area contributed by atoms with Gasteiger partial charge in [0.1, 0.15) is 0 Å². The fraction of sp³-hybridized carbons (Fsp3) is 0.200. The summed E-state index contributed by atoms with van der Waals surface area (Å²) >= 11 is 1.79. The maximum Gasteiger partial charge on any atom is 0.417 e. The molecule has 1 N–H and O–H groups in total. The molecule has 0 spiro atoms. The van der Waals surface area contributed by atoms with Crippen LogP contribution in [0, 0.1) is 3.70 Å². The highest BCUT2D eigenvalue weighted by atomic mass is 127. The first kappa shape index (κ1) is 7.90. The Labute approximate surface area is 68.8 Å². The molecule has 0 saturated heterocycles. The van der Waals surface area contributed by atoms with Gasteiger partial charge >= 0.3 is 6.18 Å². The quantitative estimate of drug-likeness (QED) is 0.691. The standard InChI is InChI=1S/C5H3F3IN/c6-5(7,8)3-1-4(9)10-2-3/h1-2,10H. The number of alkyl halides is 3. The minimum atomic E-state index is -4.22. The molecule has 0 atom stereocenters. The molecule has 1 aromatic rings. The lowest BCUT2D eigenvalue weighted by Gasteiger charge is -1.99. The Bertz CT molecular complexity index is 227. The zero-order valence-electron chi connectivity index (χ0n) is 4.67. The Kier molecular flexibility index (Phi) is 1.93. The minimum Gasteiger partial charge on any atom is -0.356 e. The molecule has 1 aromatic heterocycles. The molecule has 5 heteroatoms. The fourth-order valence-electron chi connectivity index (χ4n) is 0.530. The number of hydrogen-bond acceptors (Lipinski definition) is 0. The van der Waals surface area contributed by atoms with Gasteiger partial charge in [-0.05, 0) is 28.7 Å². The predicted octanol–water partition coefficient (Wildman–Crippen LogP) is 2.64. The van der Waals surface area contributed by atoms with Crippen LogP contribution in [0.1, 0.15) is 5.56 Å². The summed E-state index contributed by atoms with van der Waals surface area (Å²) in [5, 5.41) is 0. The first-order valence-electron chi connectivity index (χ1n) is 2.41. The van der Waals surface area contributed by atoms with E-state index in [1.54, 1.807) is 22.6 Å². The molecule has 56 valence electrons. The smallest absolute Gasteiger partial charge is 0.356 e. The average molecular weight is 261 g/mol. The third-order valence-electron chi connectivity index (χ3n) is 0.975. The van der Waals surface area contributed by atoms with Crippen molar-refractivity contribution in [2.45, 2.75) is 6.18 Å². The van der Waals surface area contributed by atoms with Gasteiger partial charge in [-0.2, -0.15) is 13.2 Å². The lowest BCUT2D eigenvalue weighted by molar-refractivity contribution is -0.137. The van der Waals surface area contributed by atoms with Crippen molar-refractivity contribution < 1.29 is 13.2 Å². The van der Waals surface area contributed by atoms with E-state index in [1.165, 1.54) is 0 Å². The highest BCUT2D eigenvalue weighted by molar-refractivity contribution is 14.1. The van der Waals surface area contributed by atoms with Crippen LogP contribution in [-0.2, 0) is 6.18 Å². The van der Waals surface area contributed by atoms with Crippen LogP contribution in [0.2, 0.25) is 0 Å². The maximum atomic E-state index is 11.8. The van der Waals surface area contributed by atoms with Crippen LogP contribution in [0.5, 0.6) is 0 Å². The second-order valence-corrected chi connectivity index (χ2v) is 2.90. The molecule has 0 saturated carbocycles. The van der Waals surface area contributed by atoms with E-state index in [2.05, 4.69) is 4.98 Å². The highest BCUT2D eigenvalue weighted by Crippen LogP contribution is 2.29. The summed E-state index contributed by atoms with van der Waals surface area (Å²) in [6, 6.07) is 1.06. The molecule has 1 rings (SSSR count). The molecular weight excluding hydrogens is 258 g/mol. The van der Waals surface area contributed by atoms with Gasteiger partial charge in [0, 0.05) is 6.20 Å². The van der Waals surface area contributed by atoms with Crippen LogP contribution >= 0.6 is 22.6 Å². The van der Waals surface area contributed by atoms with E-state index in [0.717, 1.165) is 12.3 Å². The van der Waals surface area contributed by atoms with E-state index in [0.29, 0.717) is 3.70 Å². The molecule has 10 heavy (non-hydrogen) atoms. The van der Waals surface area contributed by atoms with Gasteiger partial charge in [-0.25, -0.2) is 0 Å². The van der Waals surface area contributed by atoms with Crippen molar-refractivity contribution in [3.63, 3.8) is 0 Å². The van der Waals surface area contributed by atoms with Gasteiger partial charge in [-0.3, -0.25) is 0 Å². The van der Waals surface area contributed by atoms with Crippen LogP contribution < -0.4 is 0 Å². The van der Waals surface area contributed by atoms with E-state index in [4.69, 9.17) is 0 Å². The summed E-state index contributed by atoms with van der Waals surface area (Å²) in [5.74, 6) is 0. The van der Waals surface area contributed by atoms with Crippen molar-refractivity contribution in [2.75, 3.05) is 0 Å². The second-order valence-electron chi connectivity index (χ2n) is 1.73. The zero-order chi connectivity index (χ0) is 7.78. The van der Waals surface area contributed by atoms with Crippen molar-refractivity contribution in [2.24, 2.45) is 0 Å². The van der Waals surface area contributed by atoms with Crippen LogP contribution in [0.4, 0.5) is 13.2 Å². The minimum absolute atomic E-state index is 0.491. The number of H-pyrrole nitrogens is 1. The van der Waals surface area contributed by atoms with Crippen LogP contribution in [0.25, 0.3) is 0 Å². The van der Waals surface area contributed by atoms with Crippen LogP contribution in [0.15, 0.2) is 12.3 Å². The second kappa shape index (κ2) is 2.44. The monoisotopic (exact) mass is 261 g/mol. The Morgan fingerprint density at radius 2 is 2.00 bits per heavy atom. The molecule has 1 nitrogen and oxygen atoms in total. The average Bonchev–Trinajstić information content (AvgIpc) is 2.11. The van der Waals surface area contributed by atoms with Gasteiger partial charge < -0.3 is 4.98 Å². The van der Waals surface area contributed by atoms with Gasteiger partial charge in [0.15, 0.2) is 0 Å². The number of hydrogen-bond donors (Lipinski definition) is 1. The first-order valence-corrected chi connectivity index (χ1v) is 3.49. The predicted molar refractivity (Wildman–Crippen MR) is 38.5 cm³/mol. The van der Waals surface area contributed by atoms with Crippen molar-refractivity contribution in [1.29, 1.82) is 0 Å². The van der Waals surface area contributed by atoms with Gasteiger partial charge in [0.25, 0.3) is 0 Å². The van der Waals surface area contributed by atoms with Crippen molar-refractivity contribution >= 4 is 22.6 Å². The van der Waals surface area contributed by atoms with Gasteiger partial charge in [0.2, 0.25) is 0 Å². The van der Waals surface area contributed by atoms with E-state index in [-0.39, 0.29) is 0 Å². The van der Waals surface area contributed by atoms with Gasteiger partial charge in [-0.1, -0.05) is 0 Å². The normalized spacial score (nSPS) is 12.0. The first-order chi connectivity index (χ1) is 4.50. The lowest BCUT2D eigenvalue weighted by Crippen LogP contribution is -2.01. The molecular formula is C5H3F3IN. The van der Waals surface area contributed by atoms with E-state index < -0.39 is 11.7 Å². The van der Waals surface area contributed by atoms with Crippen molar-refractivity contribution in [3.8, 4) is 0 Å². The molecule has 0 bridgehead atoms. The SMILES string of the molecule is FC(F)(F)c1c[nH]c(I)c1. The fourth-order valence-corrected chi connectivity index (χ4v) is 1.02. The third-order valence-corrected chi connectivity index (χ3v) is 1.60. The van der Waals surface area contributed by atoms with Gasteiger partial charge in [0.05, 0.1) is 9.26 Å².